The summed E-state index contributed by atoms with van der Waals surface area (Å²) in [5.74, 6) is 0.291. The van der Waals surface area contributed by atoms with E-state index in [0.29, 0.717) is 44.2 Å². The third-order valence-corrected chi connectivity index (χ3v) is 4.84. The van der Waals surface area contributed by atoms with Gasteiger partial charge in [-0.05, 0) is 36.4 Å². The predicted octanol–water partition coefficient (Wildman–Crippen LogP) is 1.80. The molecular weight excluding hydrogens is 386 g/mol. The van der Waals surface area contributed by atoms with E-state index in [9.17, 15) is 9.59 Å². The number of methoxy groups -OCH3 is 3. The van der Waals surface area contributed by atoms with Crippen molar-refractivity contribution in [2.45, 2.75) is 6.54 Å². The first-order chi connectivity index (χ1) is 14.5. The summed E-state index contributed by atoms with van der Waals surface area (Å²) in [6.45, 7) is 1.92. The number of hydrogen-bond donors (Lipinski definition) is 0. The third kappa shape index (κ3) is 6.60. The highest BCUT2D eigenvalue weighted by Crippen LogP contribution is 2.14. The second kappa shape index (κ2) is 12.0. The van der Waals surface area contributed by atoms with Crippen LogP contribution in [0, 0.1) is 0 Å². The summed E-state index contributed by atoms with van der Waals surface area (Å²) in [6.07, 6.45) is 1.94. The van der Waals surface area contributed by atoms with E-state index in [1.807, 2.05) is 29.9 Å². The van der Waals surface area contributed by atoms with E-state index in [0.717, 1.165) is 5.69 Å². The highest BCUT2D eigenvalue weighted by atomic mass is 16.5. The molecule has 1 aromatic carbocycles. The molecule has 2 aromatic rings. The van der Waals surface area contributed by atoms with Crippen LogP contribution in [0.25, 0.3) is 0 Å². The maximum Gasteiger partial charge on any atom is 0.254 e. The SMILES string of the molecule is COCCN(Cc1cccn1C)C(=O)CN(CCOC)C(=O)c1ccc(OC)cc1. The van der Waals surface area contributed by atoms with Crippen LogP contribution in [0.4, 0.5) is 0 Å². The Morgan fingerprint density at radius 2 is 1.57 bits per heavy atom. The summed E-state index contributed by atoms with van der Waals surface area (Å²) < 4.78 is 17.4. The second-order valence-corrected chi connectivity index (χ2v) is 6.87. The Balaban J connectivity index is 2.14. The number of aromatic nitrogens is 1. The van der Waals surface area contributed by atoms with Crippen molar-refractivity contribution in [3.63, 3.8) is 0 Å². The highest BCUT2D eigenvalue weighted by Gasteiger charge is 2.23. The minimum absolute atomic E-state index is 0.0393. The Labute approximate surface area is 177 Å². The zero-order valence-electron chi connectivity index (χ0n) is 18.2. The van der Waals surface area contributed by atoms with Crippen LogP contribution in [0.5, 0.6) is 5.75 Å². The molecule has 2 amide bonds. The number of aryl methyl sites for hydroxylation is 1. The van der Waals surface area contributed by atoms with E-state index in [-0.39, 0.29) is 18.4 Å². The summed E-state index contributed by atoms with van der Waals surface area (Å²) in [5.41, 5.74) is 1.50. The van der Waals surface area contributed by atoms with E-state index in [4.69, 9.17) is 14.2 Å². The van der Waals surface area contributed by atoms with Gasteiger partial charge in [0, 0.05) is 51.8 Å². The fourth-order valence-electron chi connectivity index (χ4n) is 2.98. The van der Waals surface area contributed by atoms with Crippen LogP contribution in [-0.2, 0) is 27.9 Å². The molecule has 1 heterocycles. The van der Waals surface area contributed by atoms with E-state index < -0.39 is 0 Å². The Hall–Kier alpha value is -2.84. The Morgan fingerprint density at radius 1 is 0.933 bits per heavy atom. The fraction of sp³-hybridized carbons (Fsp3) is 0.455. The highest BCUT2D eigenvalue weighted by molar-refractivity contribution is 5.96. The van der Waals surface area contributed by atoms with Crippen molar-refractivity contribution < 1.29 is 23.8 Å². The molecule has 0 unspecified atom stereocenters. The average Bonchev–Trinajstić information content (AvgIpc) is 3.17. The number of ether oxygens (including phenoxy) is 3. The van der Waals surface area contributed by atoms with Crippen molar-refractivity contribution in [3.8, 4) is 5.75 Å². The minimum atomic E-state index is -0.228. The summed E-state index contributed by atoms with van der Waals surface area (Å²) in [7, 11) is 6.68. The molecule has 1 aromatic heterocycles. The number of benzene rings is 1. The molecule has 0 spiro atoms. The molecule has 8 nitrogen and oxygen atoms in total. The van der Waals surface area contributed by atoms with Gasteiger partial charge in [-0.15, -0.1) is 0 Å². The predicted molar refractivity (Wildman–Crippen MR) is 113 cm³/mol. The molecule has 0 fully saturated rings. The molecule has 0 radical (unpaired) electrons. The van der Waals surface area contributed by atoms with Gasteiger partial charge >= 0.3 is 0 Å². The molecule has 164 valence electrons. The monoisotopic (exact) mass is 417 g/mol. The molecule has 0 bridgehead atoms. The molecule has 0 saturated carbocycles. The van der Waals surface area contributed by atoms with Gasteiger partial charge in [-0.25, -0.2) is 0 Å². The number of nitrogens with zero attached hydrogens (tertiary/aromatic N) is 3. The van der Waals surface area contributed by atoms with Gasteiger partial charge in [0.15, 0.2) is 0 Å². The smallest absolute Gasteiger partial charge is 0.254 e. The van der Waals surface area contributed by atoms with E-state index >= 15 is 0 Å². The maximum absolute atomic E-state index is 13.1. The first-order valence-corrected chi connectivity index (χ1v) is 9.79. The topological polar surface area (TPSA) is 73.2 Å². The van der Waals surface area contributed by atoms with Crippen LogP contribution in [0.3, 0.4) is 0 Å². The van der Waals surface area contributed by atoms with Crippen molar-refractivity contribution >= 4 is 11.8 Å². The number of carbonyl (C=O) groups excluding carboxylic acids is 2. The molecule has 0 aliphatic carbocycles. The molecule has 8 heteroatoms. The Kier molecular flexibility index (Phi) is 9.37. The van der Waals surface area contributed by atoms with Gasteiger partial charge in [-0.2, -0.15) is 0 Å². The van der Waals surface area contributed by atoms with Gasteiger partial charge in [0.1, 0.15) is 12.3 Å². The van der Waals surface area contributed by atoms with Crippen LogP contribution in [0.2, 0.25) is 0 Å². The first kappa shape index (κ1) is 23.4. The lowest BCUT2D eigenvalue weighted by atomic mass is 10.2. The Morgan fingerprint density at radius 3 is 2.10 bits per heavy atom. The van der Waals surface area contributed by atoms with Crippen molar-refractivity contribution in [2.75, 3.05) is 54.2 Å². The van der Waals surface area contributed by atoms with Crippen LogP contribution in [-0.4, -0.2) is 80.4 Å². The van der Waals surface area contributed by atoms with Gasteiger partial charge in [-0.1, -0.05) is 0 Å². The van der Waals surface area contributed by atoms with Crippen molar-refractivity contribution in [2.24, 2.45) is 7.05 Å². The van der Waals surface area contributed by atoms with Crippen molar-refractivity contribution in [3.05, 3.63) is 53.9 Å². The molecule has 0 aliphatic rings. The quantitative estimate of drug-likeness (QED) is 0.527. The van der Waals surface area contributed by atoms with Crippen molar-refractivity contribution in [1.29, 1.82) is 0 Å². The number of rotatable bonds is 12. The molecule has 0 aliphatic heterocycles. The zero-order valence-corrected chi connectivity index (χ0v) is 18.2. The fourth-order valence-corrected chi connectivity index (χ4v) is 2.98. The van der Waals surface area contributed by atoms with E-state index in [2.05, 4.69) is 0 Å². The lowest BCUT2D eigenvalue weighted by Gasteiger charge is -2.28. The van der Waals surface area contributed by atoms with Crippen LogP contribution in [0.15, 0.2) is 42.6 Å². The normalized spacial score (nSPS) is 10.7. The second-order valence-electron chi connectivity index (χ2n) is 6.87. The maximum atomic E-state index is 13.1. The first-order valence-electron chi connectivity index (χ1n) is 9.79. The van der Waals surface area contributed by atoms with Crippen molar-refractivity contribution in [1.82, 2.24) is 14.4 Å². The van der Waals surface area contributed by atoms with Gasteiger partial charge in [-0.3, -0.25) is 9.59 Å². The molecule has 2 rings (SSSR count). The summed E-state index contributed by atoms with van der Waals surface area (Å²) in [4.78, 5) is 29.3. The summed E-state index contributed by atoms with van der Waals surface area (Å²) in [6, 6.07) is 10.7. The molecule has 0 saturated heterocycles. The minimum Gasteiger partial charge on any atom is -0.497 e. The average molecular weight is 418 g/mol. The molecular formula is C22H31N3O5. The van der Waals surface area contributed by atoms with Gasteiger partial charge < -0.3 is 28.6 Å². The number of hydrogen-bond acceptors (Lipinski definition) is 5. The standard InChI is InChI=1S/C22H31N3O5/c1-23-11-5-6-19(23)16-24(12-14-28-2)21(26)17-25(13-15-29-3)22(27)18-7-9-20(30-4)10-8-18/h5-11H,12-17H2,1-4H3. The Bertz CT molecular complexity index is 803. The largest absolute Gasteiger partial charge is 0.497 e. The van der Waals surface area contributed by atoms with Gasteiger partial charge in [0.05, 0.1) is 26.9 Å². The lowest BCUT2D eigenvalue weighted by molar-refractivity contribution is -0.133. The number of amides is 2. The van der Waals surface area contributed by atoms with E-state index in [1.165, 1.54) is 4.90 Å². The zero-order chi connectivity index (χ0) is 21.9. The van der Waals surface area contributed by atoms with Gasteiger partial charge in [0.25, 0.3) is 5.91 Å². The van der Waals surface area contributed by atoms with Crippen LogP contribution in [0.1, 0.15) is 16.1 Å². The molecule has 0 N–H and O–H groups in total. The van der Waals surface area contributed by atoms with Crippen LogP contribution >= 0.6 is 0 Å². The number of carbonyl (C=O) groups is 2. The third-order valence-electron chi connectivity index (χ3n) is 4.84. The summed E-state index contributed by atoms with van der Waals surface area (Å²) >= 11 is 0. The van der Waals surface area contributed by atoms with Gasteiger partial charge in [0.2, 0.25) is 5.91 Å². The van der Waals surface area contributed by atoms with E-state index in [1.54, 1.807) is 50.5 Å². The molecule has 30 heavy (non-hydrogen) atoms. The molecule has 0 atom stereocenters. The summed E-state index contributed by atoms with van der Waals surface area (Å²) in [5, 5.41) is 0. The lowest BCUT2D eigenvalue weighted by Crippen LogP contribution is -2.45. The van der Waals surface area contributed by atoms with Crippen LogP contribution < -0.4 is 4.74 Å².